The van der Waals surface area contributed by atoms with E-state index in [2.05, 4.69) is 19.2 Å². The number of benzene rings is 2. The lowest BCUT2D eigenvalue weighted by Gasteiger charge is -2.10. The summed E-state index contributed by atoms with van der Waals surface area (Å²) in [6.45, 7) is 6.62. The standard InChI is InChI=1S/C22H24N2O3/c1-5-27-20-11-6-16(13-21(20)26-4)12-18(14-23)22(25)24-19-9-7-17(8-10-19)15(2)3/h6-13,15H,5H2,1-4H3,(H,24,25)/b18-12+. The molecule has 0 saturated heterocycles. The van der Waals surface area contributed by atoms with Gasteiger partial charge >= 0.3 is 0 Å². The molecule has 2 rings (SSSR count). The molecule has 0 aliphatic rings. The SMILES string of the molecule is CCOc1ccc(/C=C(\C#N)C(=O)Nc2ccc(C(C)C)cc2)cc1OC. The molecule has 2 aromatic carbocycles. The van der Waals surface area contributed by atoms with Gasteiger partial charge in [-0.05, 0) is 54.3 Å². The number of nitrogens with one attached hydrogen (secondary N) is 1. The average Bonchev–Trinajstić information content (AvgIpc) is 2.67. The minimum Gasteiger partial charge on any atom is -0.493 e. The van der Waals surface area contributed by atoms with E-state index in [0.717, 1.165) is 0 Å². The molecule has 0 radical (unpaired) electrons. The van der Waals surface area contributed by atoms with Gasteiger partial charge in [0.15, 0.2) is 11.5 Å². The van der Waals surface area contributed by atoms with Crippen molar-refractivity contribution in [2.45, 2.75) is 26.7 Å². The Morgan fingerprint density at radius 1 is 1.19 bits per heavy atom. The van der Waals surface area contributed by atoms with Crippen molar-refractivity contribution in [3.05, 3.63) is 59.2 Å². The summed E-state index contributed by atoms with van der Waals surface area (Å²) in [5.41, 5.74) is 2.52. The topological polar surface area (TPSA) is 71.3 Å². The molecule has 0 aliphatic carbocycles. The molecular formula is C22H24N2O3. The van der Waals surface area contributed by atoms with E-state index in [9.17, 15) is 10.1 Å². The highest BCUT2D eigenvalue weighted by atomic mass is 16.5. The van der Waals surface area contributed by atoms with Gasteiger partial charge in [-0.1, -0.05) is 32.0 Å². The third-order valence-electron chi connectivity index (χ3n) is 4.00. The molecule has 1 amide bonds. The van der Waals surface area contributed by atoms with Gasteiger partial charge < -0.3 is 14.8 Å². The van der Waals surface area contributed by atoms with Crippen LogP contribution in [0, 0.1) is 11.3 Å². The van der Waals surface area contributed by atoms with Crippen molar-refractivity contribution in [2.75, 3.05) is 19.0 Å². The maximum Gasteiger partial charge on any atom is 0.266 e. The summed E-state index contributed by atoms with van der Waals surface area (Å²) in [5, 5.41) is 12.1. The van der Waals surface area contributed by atoms with Crippen LogP contribution in [0.15, 0.2) is 48.0 Å². The normalized spacial score (nSPS) is 11.0. The molecule has 0 spiro atoms. The van der Waals surface area contributed by atoms with Gasteiger partial charge in [0.05, 0.1) is 13.7 Å². The molecule has 140 valence electrons. The lowest BCUT2D eigenvalue weighted by molar-refractivity contribution is -0.112. The van der Waals surface area contributed by atoms with E-state index in [-0.39, 0.29) is 5.57 Å². The summed E-state index contributed by atoms with van der Waals surface area (Å²) >= 11 is 0. The second kappa shape index (κ2) is 9.44. The molecule has 27 heavy (non-hydrogen) atoms. The lowest BCUT2D eigenvalue weighted by atomic mass is 10.0. The molecule has 5 heteroatoms. The van der Waals surface area contributed by atoms with E-state index < -0.39 is 5.91 Å². The number of nitriles is 1. The molecule has 0 bridgehead atoms. The molecule has 2 aromatic rings. The number of hydrogen-bond acceptors (Lipinski definition) is 4. The summed E-state index contributed by atoms with van der Waals surface area (Å²) in [5.74, 6) is 1.12. The Morgan fingerprint density at radius 2 is 1.89 bits per heavy atom. The Bertz CT molecular complexity index is 862. The van der Waals surface area contributed by atoms with Crippen LogP contribution >= 0.6 is 0 Å². The van der Waals surface area contributed by atoms with Crippen LogP contribution in [-0.2, 0) is 4.79 Å². The molecule has 0 atom stereocenters. The van der Waals surface area contributed by atoms with Crippen LogP contribution in [0.5, 0.6) is 11.5 Å². The summed E-state index contributed by atoms with van der Waals surface area (Å²) in [7, 11) is 1.55. The molecular weight excluding hydrogens is 340 g/mol. The van der Waals surface area contributed by atoms with Crippen molar-refractivity contribution in [2.24, 2.45) is 0 Å². The fourth-order valence-corrected chi connectivity index (χ4v) is 2.51. The molecule has 0 heterocycles. The number of ether oxygens (including phenoxy) is 2. The minimum atomic E-state index is -0.456. The maximum atomic E-state index is 12.4. The molecule has 0 aromatic heterocycles. The van der Waals surface area contributed by atoms with Crippen molar-refractivity contribution in [3.63, 3.8) is 0 Å². The van der Waals surface area contributed by atoms with E-state index in [1.54, 1.807) is 25.3 Å². The van der Waals surface area contributed by atoms with Gasteiger partial charge in [-0.15, -0.1) is 0 Å². The van der Waals surface area contributed by atoms with Crippen molar-refractivity contribution in [3.8, 4) is 17.6 Å². The van der Waals surface area contributed by atoms with Crippen molar-refractivity contribution >= 4 is 17.7 Å². The third kappa shape index (κ3) is 5.35. The summed E-state index contributed by atoms with van der Waals surface area (Å²) < 4.78 is 10.8. The second-order valence-electron chi connectivity index (χ2n) is 6.24. The van der Waals surface area contributed by atoms with Gasteiger partial charge in [-0.2, -0.15) is 5.26 Å². The molecule has 0 unspecified atom stereocenters. The van der Waals surface area contributed by atoms with Gasteiger partial charge in [0, 0.05) is 5.69 Å². The number of hydrogen-bond donors (Lipinski definition) is 1. The molecule has 0 aliphatic heterocycles. The van der Waals surface area contributed by atoms with E-state index in [4.69, 9.17) is 9.47 Å². The summed E-state index contributed by atoms with van der Waals surface area (Å²) in [6.07, 6.45) is 1.52. The zero-order valence-electron chi connectivity index (χ0n) is 16.1. The quantitative estimate of drug-likeness (QED) is 0.568. The lowest BCUT2D eigenvalue weighted by Crippen LogP contribution is -2.13. The van der Waals surface area contributed by atoms with Crippen LogP contribution in [-0.4, -0.2) is 19.6 Å². The molecule has 0 saturated carbocycles. The average molecular weight is 364 g/mol. The Labute approximate surface area is 160 Å². The highest BCUT2D eigenvalue weighted by Crippen LogP contribution is 2.29. The Kier molecular flexibility index (Phi) is 7.01. The number of amides is 1. The Morgan fingerprint density at radius 3 is 2.44 bits per heavy atom. The number of carbonyl (C=O) groups excluding carboxylic acids is 1. The predicted octanol–water partition coefficient (Wildman–Crippen LogP) is 4.76. The van der Waals surface area contributed by atoms with Gasteiger partial charge in [-0.3, -0.25) is 4.79 Å². The monoisotopic (exact) mass is 364 g/mol. The number of rotatable bonds is 7. The smallest absolute Gasteiger partial charge is 0.266 e. The van der Waals surface area contributed by atoms with Crippen molar-refractivity contribution < 1.29 is 14.3 Å². The number of anilines is 1. The van der Waals surface area contributed by atoms with Gasteiger partial charge in [0.25, 0.3) is 5.91 Å². The van der Waals surface area contributed by atoms with Crippen LogP contribution in [0.2, 0.25) is 0 Å². The highest BCUT2D eigenvalue weighted by molar-refractivity contribution is 6.09. The van der Waals surface area contributed by atoms with Gasteiger partial charge in [0.1, 0.15) is 11.6 Å². The van der Waals surface area contributed by atoms with E-state index in [0.29, 0.717) is 35.3 Å². The molecule has 5 nitrogen and oxygen atoms in total. The zero-order chi connectivity index (χ0) is 19.8. The zero-order valence-corrected chi connectivity index (χ0v) is 16.1. The van der Waals surface area contributed by atoms with Crippen molar-refractivity contribution in [1.29, 1.82) is 5.26 Å². The Hall–Kier alpha value is -3.26. The summed E-state index contributed by atoms with van der Waals surface area (Å²) in [4.78, 5) is 12.4. The number of carbonyl (C=O) groups is 1. The van der Waals surface area contributed by atoms with Crippen LogP contribution < -0.4 is 14.8 Å². The van der Waals surface area contributed by atoms with E-state index >= 15 is 0 Å². The predicted molar refractivity (Wildman–Crippen MR) is 107 cm³/mol. The first kappa shape index (κ1) is 20.1. The van der Waals surface area contributed by atoms with Crippen LogP contribution in [0.3, 0.4) is 0 Å². The summed E-state index contributed by atoms with van der Waals surface area (Å²) in [6, 6.07) is 14.8. The third-order valence-corrected chi connectivity index (χ3v) is 4.00. The van der Waals surface area contributed by atoms with E-state index in [1.165, 1.54) is 11.6 Å². The highest BCUT2D eigenvalue weighted by Gasteiger charge is 2.11. The molecule has 1 N–H and O–H groups in total. The first-order chi connectivity index (χ1) is 13.0. The maximum absolute atomic E-state index is 12.4. The first-order valence-corrected chi connectivity index (χ1v) is 8.82. The molecule has 0 fully saturated rings. The number of methoxy groups -OCH3 is 1. The van der Waals surface area contributed by atoms with Gasteiger partial charge in [-0.25, -0.2) is 0 Å². The fraction of sp³-hybridized carbons (Fsp3) is 0.273. The van der Waals surface area contributed by atoms with Gasteiger partial charge in [0.2, 0.25) is 0 Å². The van der Waals surface area contributed by atoms with E-state index in [1.807, 2.05) is 37.3 Å². The second-order valence-corrected chi connectivity index (χ2v) is 6.24. The first-order valence-electron chi connectivity index (χ1n) is 8.82. The Balaban J connectivity index is 2.19. The van der Waals surface area contributed by atoms with Crippen LogP contribution in [0.1, 0.15) is 37.8 Å². The van der Waals surface area contributed by atoms with Crippen molar-refractivity contribution in [1.82, 2.24) is 0 Å². The number of nitrogens with zero attached hydrogens (tertiary/aromatic N) is 1. The fourth-order valence-electron chi connectivity index (χ4n) is 2.51. The minimum absolute atomic E-state index is 0.00847. The van der Waals surface area contributed by atoms with Crippen LogP contribution in [0.4, 0.5) is 5.69 Å². The largest absolute Gasteiger partial charge is 0.493 e. The van der Waals surface area contributed by atoms with Crippen LogP contribution in [0.25, 0.3) is 6.08 Å².